The largest absolute Gasteiger partial charge is 0.388 e. The molecular formula is C14H18N2O. The number of imidazole rings is 1. The zero-order valence-corrected chi connectivity index (χ0v) is 10.5. The predicted molar refractivity (Wildman–Crippen MR) is 67.8 cm³/mol. The summed E-state index contributed by atoms with van der Waals surface area (Å²) < 4.78 is 1.94. The van der Waals surface area contributed by atoms with E-state index >= 15 is 0 Å². The highest BCUT2D eigenvalue weighted by Crippen LogP contribution is 2.21. The molecule has 3 heteroatoms. The zero-order valence-electron chi connectivity index (χ0n) is 10.5. The number of aromatic nitrogens is 2. The maximum Gasteiger partial charge on any atom is 0.111 e. The molecule has 0 aliphatic carbocycles. The Balaban J connectivity index is 2.20. The second-order valence-electron chi connectivity index (χ2n) is 4.53. The van der Waals surface area contributed by atoms with Crippen LogP contribution < -0.4 is 0 Å². The summed E-state index contributed by atoms with van der Waals surface area (Å²) in [5.74, 6) is 0.900. The minimum absolute atomic E-state index is 0.489. The van der Waals surface area contributed by atoms with Crippen LogP contribution in [0, 0.1) is 13.8 Å². The average Bonchev–Trinajstić information content (AvgIpc) is 2.64. The van der Waals surface area contributed by atoms with Gasteiger partial charge in [0, 0.05) is 25.9 Å². The van der Waals surface area contributed by atoms with Crippen LogP contribution >= 0.6 is 0 Å². The van der Waals surface area contributed by atoms with Crippen LogP contribution in [0.25, 0.3) is 0 Å². The third-order valence-electron chi connectivity index (χ3n) is 3.08. The molecule has 1 heterocycles. The van der Waals surface area contributed by atoms with Gasteiger partial charge in [-0.1, -0.05) is 23.8 Å². The molecule has 0 aliphatic heterocycles. The Morgan fingerprint density at radius 1 is 1.35 bits per heavy atom. The smallest absolute Gasteiger partial charge is 0.111 e. The molecule has 0 saturated heterocycles. The van der Waals surface area contributed by atoms with Crippen molar-refractivity contribution in [2.75, 3.05) is 0 Å². The Bertz CT molecular complexity index is 517. The molecule has 0 saturated carbocycles. The molecule has 3 nitrogen and oxygen atoms in total. The third-order valence-corrected chi connectivity index (χ3v) is 3.08. The highest BCUT2D eigenvalue weighted by Gasteiger charge is 2.13. The maximum atomic E-state index is 10.2. The summed E-state index contributed by atoms with van der Waals surface area (Å²) in [7, 11) is 1.94. The van der Waals surface area contributed by atoms with Crippen molar-refractivity contribution in [1.82, 2.24) is 9.55 Å². The van der Waals surface area contributed by atoms with E-state index in [0.717, 1.165) is 17.0 Å². The fourth-order valence-electron chi connectivity index (χ4n) is 2.08. The topological polar surface area (TPSA) is 38.1 Å². The summed E-state index contributed by atoms with van der Waals surface area (Å²) in [4.78, 5) is 4.23. The van der Waals surface area contributed by atoms with E-state index in [1.807, 2.05) is 36.9 Å². The molecule has 0 radical (unpaired) electrons. The Morgan fingerprint density at radius 2 is 2.12 bits per heavy atom. The summed E-state index contributed by atoms with van der Waals surface area (Å²) in [6, 6.07) is 6.12. The van der Waals surface area contributed by atoms with Crippen molar-refractivity contribution in [3.8, 4) is 0 Å². The third kappa shape index (κ3) is 2.56. The fourth-order valence-corrected chi connectivity index (χ4v) is 2.08. The molecule has 0 spiro atoms. The van der Waals surface area contributed by atoms with Crippen molar-refractivity contribution in [3.63, 3.8) is 0 Å². The van der Waals surface area contributed by atoms with Crippen molar-refractivity contribution in [2.24, 2.45) is 7.05 Å². The van der Waals surface area contributed by atoms with Crippen LogP contribution in [0.3, 0.4) is 0 Å². The van der Waals surface area contributed by atoms with E-state index in [0.29, 0.717) is 6.42 Å². The van der Waals surface area contributed by atoms with Gasteiger partial charge in [0.25, 0.3) is 0 Å². The van der Waals surface area contributed by atoms with Gasteiger partial charge >= 0.3 is 0 Å². The lowest BCUT2D eigenvalue weighted by Gasteiger charge is -2.14. The quantitative estimate of drug-likeness (QED) is 0.878. The lowest BCUT2D eigenvalue weighted by molar-refractivity contribution is 0.174. The van der Waals surface area contributed by atoms with Crippen molar-refractivity contribution < 1.29 is 5.11 Å². The summed E-state index contributed by atoms with van der Waals surface area (Å²) >= 11 is 0. The number of hydrogen-bond donors (Lipinski definition) is 1. The molecule has 17 heavy (non-hydrogen) atoms. The minimum atomic E-state index is -0.489. The first-order chi connectivity index (χ1) is 8.08. The molecule has 0 amide bonds. The molecule has 2 aromatic rings. The van der Waals surface area contributed by atoms with Gasteiger partial charge in [0.15, 0.2) is 0 Å². The molecule has 0 bridgehead atoms. The first kappa shape index (κ1) is 11.9. The lowest BCUT2D eigenvalue weighted by Crippen LogP contribution is -2.08. The first-order valence-corrected chi connectivity index (χ1v) is 5.79. The maximum absolute atomic E-state index is 10.2. The van der Waals surface area contributed by atoms with Gasteiger partial charge in [-0.3, -0.25) is 0 Å². The average molecular weight is 230 g/mol. The van der Waals surface area contributed by atoms with Crippen LogP contribution in [0.5, 0.6) is 0 Å². The SMILES string of the molecule is Cc1ccc(C(O)Cc2nccn2C)c(C)c1. The Labute approximate surface area is 102 Å². The molecule has 1 unspecified atom stereocenters. The van der Waals surface area contributed by atoms with Crippen LogP contribution in [0.4, 0.5) is 0 Å². The van der Waals surface area contributed by atoms with E-state index in [9.17, 15) is 5.11 Å². The van der Waals surface area contributed by atoms with Gasteiger partial charge in [-0.15, -0.1) is 0 Å². The van der Waals surface area contributed by atoms with Crippen LogP contribution in [0.2, 0.25) is 0 Å². The second-order valence-corrected chi connectivity index (χ2v) is 4.53. The number of rotatable bonds is 3. The number of hydrogen-bond acceptors (Lipinski definition) is 2. The lowest BCUT2D eigenvalue weighted by atomic mass is 9.99. The standard InChI is InChI=1S/C14H18N2O/c1-10-4-5-12(11(2)8-10)13(17)9-14-15-6-7-16(14)3/h4-8,13,17H,9H2,1-3H3. The van der Waals surface area contributed by atoms with Crippen LogP contribution in [-0.4, -0.2) is 14.7 Å². The van der Waals surface area contributed by atoms with Crippen LogP contribution in [-0.2, 0) is 13.5 Å². The normalized spacial score (nSPS) is 12.7. The highest BCUT2D eigenvalue weighted by atomic mass is 16.3. The molecule has 1 atom stereocenters. The number of nitrogens with zero attached hydrogens (tertiary/aromatic N) is 2. The van der Waals surface area contributed by atoms with E-state index in [1.165, 1.54) is 5.56 Å². The van der Waals surface area contributed by atoms with Crippen molar-refractivity contribution in [3.05, 3.63) is 53.1 Å². The summed E-state index contributed by atoms with van der Waals surface area (Å²) in [6.45, 7) is 4.09. The number of aliphatic hydroxyl groups is 1. The van der Waals surface area contributed by atoms with Gasteiger partial charge < -0.3 is 9.67 Å². The minimum Gasteiger partial charge on any atom is -0.388 e. The van der Waals surface area contributed by atoms with Gasteiger partial charge in [-0.05, 0) is 25.0 Å². The Hall–Kier alpha value is -1.61. The van der Waals surface area contributed by atoms with Gasteiger partial charge in [-0.2, -0.15) is 0 Å². The number of aryl methyl sites for hydroxylation is 3. The molecule has 0 aliphatic rings. The molecule has 1 aromatic carbocycles. The second kappa shape index (κ2) is 4.72. The highest BCUT2D eigenvalue weighted by molar-refractivity contribution is 5.32. The summed E-state index contributed by atoms with van der Waals surface area (Å²) in [5, 5.41) is 10.2. The van der Waals surface area contributed by atoms with Crippen LogP contribution in [0.15, 0.2) is 30.6 Å². The van der Waals surface area contributed by atoms with Crippen molar-refractivity contribution in [2.45, 2.75) is 26.4 Å². The van der Waals surface area contributed by atoms with Gasteiger partial charge in [0.05, 0.1) is 6.10 Å². The summed E-state index contributed by atoms with van der Waals surface area (Å²) in [5.41, 5.74) is 3.33. The molecule has 1 aromatic heterocycles. The van der Waals surface area contributed by atoms with E-state index in [-0.39, 0.29) is 0 Å². The van der Waals surface area contributed by atoms with Crippen molar-refractivity contribution >= 4 is 0 Å². The van der Waals surface area contributed by atoms with Gasteiger partial charge in [-0.25, -0.2) is 4.98 Å². The fraction of sp³-hybridized carbons (Fsp3) is 0.357. The monoisotopic (exact) mass is 230 g/mol. The van der Waals surface area contributed by atoms with Crippen LogP contribution in [0.1, 0.15) is 28.6 Å². The Morgan fingerprint density at radius 3 is 2.71 bits per heavy atom. The van der Waals surface area contributed by atoms with E-state index in [1.54, 1.807) is 6.20 Å². The van der Waals surface area contributed by atoms with E-state index in [2.05, 4.69) is 18.0 Å². The molecule has 90 valence electrons. The van der Waals surface area contributed by atoms with Crippen molar-refractivity contribution in [1.29, 1.82) is 0 Å². The molecule has 0 fully saturated rings. The molecule has 2 rings (SSSR count). The van der Waals surface area contributed by atoms with E-state index < -0.39 is 6.10 Å². The Kier molecular flexibility index (Phi) is 3.29. The predicted octanol–water partition coefficient (Wildman–Crippen LogP) is 2.31. The number of aliphatic hydroxyl groups excluding tert-OH is 1. The van der Waals surface area contributed by atoms with Gasteiger partial charge in [0.2, 0.25) is 0 Å². The summed E-state index contributed by atoms with van der Waals surface area (Å²) in [6.07, 6.45) is 3.71. The molecular weight excluding hydrogens is 212 g/mol. The first-order valence-electron chi connectivity index (χ1n) is 5.79. The number of benzene rings is 1. The molecule has 1 N–H and O–H groups in total. The zero-order chi connectivity index (χ0) is 12.4. The van der Waals surface area contributed by atoms with Gasteiger partial charge in [0.1, 0.15) is 5.82 Å². The van der Waals surface area contributed by atoms with E-state index in [4.69, 9.17) is 0 Å².